The van der Waals surface area contributed by atoms with Gasteiger partial charge in [0.2, 0.25) is 10.0 Å². The normalized spacial score (nSPS) is 21.9. The molecular formula is C23H30N4O3S. The summed E-state index contributed by atoms with van der Waals surface area (Å²) in [4.78, 5) is 22.1. The van der Waals surface area contributed by atoms with Crippen LogP contribution in [0.4, 0.5) is 0 Å². The maximum atomic E-state index is 13.3. The fourth-order valence-corrected chi connectivity index (χ4v) is 5.42. The lowest BCUT2D eigenvalue weighted by Crippen LogP contribution is -2.49. The largest absolute Gasteiger partial charge is 0.329 e. The Morgan fingerprint density at radius 2 is 1.71 bits per heavy atom. The van der Waals surface area contributed by atoms with Crippen molar-refractivity contribution in [1.82, 2.24) is 19.1 Å². The van der Waals surface area contributed by atoms with E-state index < -0.39 is 10.0 Å². The zero-order valence-corrected chi connectivity index (χ0v) is 19.0. The highest BCUT2D eigenvalue weighted by atomic mass is 32.2. The summed E-state index contributed by atoms with van der Waals surface area (Å²) in [5.74, 6) is 0.232. The summed E-state index contributed by atoms with van der Waals surface area (Å²) >= 11 is 0. The van der Waals surface area contributed by atoms with Crippen LogP contribution < -0.4 is 0 Å². The monoisotopic (exact) mass is 442 g/mol. The van der Waals surface area contributed by atoms with Crippen molar-refractivity contribution in [3.05, 3.63) is 65.5 Å². The van der Waals surface area contributed by atoms with Crippen molar-refractivity contribution < 1.29 is 13.2 Å². The minimum atomic E-state index is -3.13. The molecule has 2 fully saturated rings. The van der Waals surface area contributed by atoms with Gasteiger partial charge in [0.15, 0.2) is 0 Å². The molecule has 1 aromatic carbocycles. The van der Waals surface area contributed by atoms with Crippen LogP contribution in [0.5, 0.6) is 0 Å². The first kappa shape index (κ1) is 21.9. The van der Waals surface area contributed by atoms with Crippen LogP contribution in [0.3, 0.4) is 0 Å². The van der Waals surface area contributed by atoms with E-state index in [2.05, 4.69) is 29.1 Å². The van der Waals surface area contributed by atoms with Gasteiger partial charge in [-0.25, -0.2) is 12.7 Å². The number of amides is 1. The zero-order chi connectivity index (χ0) is 22.0. The van der Waals surface area contributed by atoms with Gasteiger partial charge >= 0.3 is 0 Å². The van der Waals surface area contributed by atoms with Crippen LogP contribution >= 0.6 is 0 Å². The number of piperidine rings is 1. The Hall–Kier alpha value is -2.29. The number of carbonyl (C=O) groups excluding carboxylic acids is 1. The van der Waals surface area contributed by atoms with E-state index in [4.69, 9.17) is 0 Å². The number of hydrogen-bond acceptors (Lipinski definition) is 5. The summed E-state index contributed by atoms with van der Waals surface area (Å²) in [5, 5.41) is 0. The number of nitrogens with zero attached hydrogens (tertiary/aromatic N) is 4. The molecule has 1 atom stereocenters. The van der Waals surface area contributed by atoms with Crippen molar-refractivity contribution in [2.45, 2.75) is 24.8 Å². The second-order valence-electron chi connectivity index (χ2n) is 8.60. The minimum absolute atomic E-state index is 0.00731. The molecule has 0 unspecified atom stereocenters. The predicted octanol–water partition coefficient (Wildman–Crippen LogP) is 2.35. The highest BCUT2D eigenvalue weighted by Gasteiger charge is 2.31. The van der Waals surface area contributed by atoms with Crippen molar-refractivity contribution in [3.8, 4) is 0 Å². The summed E-state index contributed by atoms with van der Waals surface area (Å²) in [6.45, 7) is 3.37. The zero-order valence-electron chi connectivity index (χ0n) is 18.1. The summed E-state index contributed by atoms with van der Waals surface area (Å²) in [6, 6.07) is 14.0. The summed E-state index contributed by atoms with van der Waals surface area (Å²) < 4.78 is 25.0. The van der Waals surface area contributed by atoms with E-state index in [0.717, 1.165) is 37.2 Å². The Labute approximate surface area is 184 Å². The topological polar surface area (TPSA) is 73.8 Å². The number of carbonyl (C=O) groups is 1. The van der Waals surface area contributed by atoms with Crippen molar-refractivity contribution in [2.75, 3.05) is 46.0 Å². The third-order valence-corrected chi connectivity index (χ3v) is 7.71. The molecule has 2 aliphatic heterocycles. The van der Waals surface area contributed by atoms with Crippen LogP contribution in [0.2, 0.25) is 0 Å². The average molecular weight is 443 g/mol. The van der Waals surface area contributed by atoms with E-state index in [1.54, 1.807) is 6.20 Å². The molecule has 2 saturated heterocycles. The fraction of sp³-hybridized carbons (Fsp3) is 0.478. The van der Waals surface area contributed by atoms with Crippen LogP contribution in [-0.2, 0) is 10.0 Å². The number of benzene rings is 1. The van der Waals surface area contributed by atoms with Gasteiger partial charge < -0.3 is 9.80 Å². The molecule has 0 N–H and O–H groups in total. The third-order valence-electron chi connectivity index (χ3n) is 6.40. The lowest BCUT2D eigenvalue weighted by Gasteiger charge is -2.40. The quantitative estimate of drug-likeness (QED) is 0.727. The molecule has 0 bridgehead atoms. The smallest absolute Gasteiger partial charge is 0.256 e. The maximum absolute atomic E-state index is 13.3. The van der Waals surface area contributed by atoms with Crippen LogP contribution in [0.15, 0.2) is 48.7 Å². The molecule has 0 spiro atoms. The predicted molar refractivity (Wildman–Crippen MR) is 120 cm³/mol. The van der Waals surface area contributed by atoms with Gasteiger partial charge in [-0.1, -0.05) is 30.3 Å². The molecule has 8 heteroatoms. The van der Waals surface area contributed by atoms with Crippen LogP contribution in [-0.4, -0.2) is 79.4 Å². The Kier molecular flexibility index (Phi) is 6.41. The molecule has 4 rings (SSSR count). The standard InChI is InChI=1S/C23H30N4O3S/c1-25-14-15-27(22(17-25)19-6-4-3-5-7-19)23(28)20-8-9-21(24-16-20)18-10-12-26(13-11-18)31(2,29)30/h3-9,16,18,22H,10-15,17H2,1-2H3/t22-/m1/s1. The Morgan fingerprint density at radius 3 is 2.32 bits per heavy atom. The van der Waals surface area contributed by atoms with Gasteiger partial charge in [-0.3, -0.25) is 9.78 Å². The van der Waals surface area contributed by atoms with E-state index >= 15 is 0 Å². The lowest BCUT2D eigenvalue weighted by atomic mass is 9.94. The molecule has 0 radical (unpaired) electrons. The van der Waals surface area contributed by atoms with Crippen LogP contribution in [0.25, 0.3) is 0 Å². The van der Waals surface area contributed by atoms with Gasteiger partial charge in [-0.15, -0.1) is 0 Å². The molecule has 0 saturated carbocycles. The van der Waals surface area contributed by atoms with E-state index in [9.17, 15) is 13.2 Å². The number of rotatable bonds is 4. The first-order chi connectivity index (χ1) is 14.8. The Bertz CT molecular complexity index is 1000. The van der Waals surface area contributed by atoms with Crippen molar-refractivity contribution in [3.63, 3.8) is 0 Å². The van der Waals surface area contributed by atoms with Gasteiger partial charge in [0, 0.05) is 50.5 Å². The Morgan fingerprint density at radius 1 is 1.00 bits per heavy atom. The second kappa shape index (κ2) is 9.06. The molecule has 1 aromatic heterocycles. The summed E-state index contributed by atoms with van der Waals surface area (Å²) in [7, 11) is -1.05. The molecule has 3 heterocycles. The molecule has 166 valence electrons. The number of aromatic nitrogens is 1. The lowest BCUT2D eigenvalue weighted by molar-refractivity contribution is 0.0497. The minimum Gasteiger partial charge on any atom is -0.329 e. The van der Waals surface area contributed by atoms with Gasteiger partial charge in [0.05, 0.1) is 17.9 Å². The molecule has 31 heavy (non-hydrogen) atoms. The molecule has 2 aromatic rings. The maximum Gasteiger partial charge on any atom is 0.256 e. The number of hydrogen-bond donors (Lipinski definition) is 0. The summed E-state index contributed by atoms with van der Waals surface area (Å²) in [5.41, 5.74) is 2.68. The molecular weight excluding hydrogens is 412 g/mol. The SMILES string of the molecule is CN1CCN(C(=O)c2ccc(C3CCN(S(C)(=O)=O)CC3)nc2)[C@@H](c2ccccc2)C1. The first-order valence-electron chi connectivity index (χ1n) is 10.8. The number of likely N-dealkylation sites (N-methyl/N-ethyl adjacent to an activating group) is 1. The number of pyridine rings is 1. The number of piperazine rings is 1. The van der Waals surface area contributed by atoms with Gasteiger partial charge in [0.1, 0.15) is 0 Å². The van der Waals surface area contributed by atoms with Crippen LogP contribution in [0, 0.1) is 0 Å². The molecule has 7 nitrogen and oxygen atoms in total. The second-order valence-corrected chi connectivity index (χ2v) is 10.6. The third kappa shape index (κ3) is 4.97. The first-order valence-corrected chi connectivity index (χ1v) is 12.6. The Balaban J connectivity index is 1.46. The van der Waals surface area contributed by atoms with Crippen LogP contribution in [0.1, 0.15) is 46.4 Å². The van der Waals surface area contributed by atoms with Crippen molar-refractivity contribution in [2.24, 2.45) is 0 Å². The van der Waals surface area contributed by atoms with Gasteiger partial charge in [0.25, 0.3) is 5.91 Å². The van der Waals surface area contributed by atoms with E-state index in [0.29, 0.717) is 25.2 Å². The highest BCUT2D eigenvalue weighted by molar-refractivity contribution is 7.88. The highest BCUT2D eigenvalue weighted by Crippen LogP contribution is 2.29. The van der Waals surface area contributed by atoms with E-state index in [1.807, 2.05) is 35.2 Å². The van der Waals surface area contributed by atoms with Crippen molar-refractivity contribution in [1.29, 1.82) is 0 Å². The van der Waals surface area contributed by atoms with E-state index in [-0.39, 0.29) is 17.9 Å². The van der Waals surface area contributed by atoms with E-state index in [1.165, 1.54) is 10.6 Å². The van der Waals surface area contributed by atoms with Gasteiger partial charge in [-0.2, -0.15) is 0 Å². The summed E-state index contributed by atoms with van der Waals surface area (Å²) in [6.07, 6.45) is 4.44. The van der Waals surface area contributed by atoms with Gasteiger partial charge in [-0.05, 0) is 37.6 Å². The molecule has 0 aliphatic carbocycles. The van der Waals surface area contributed by atoms with Crippen molar-refractivity contribution >= 4 is 15.9 Å². The average Bonchev–Trinajstić information content (AvgIpc) is 2.79. The molecule has 2 aliphatic rings. The molecule has 1 amide bonds. The fourth-order valence-electron chi connectivity index (χ4n) is 4.55. The number of sulfonamides is 1.